The van der Waals surface area contributed by atoms with E-state index in [4.69, 9.17) is 9.84 Å². The minimum atomic E-state index is -1.06. The first kappa shape index (κ1) is 17.7. The van der Waals surface area contributed by atoms with Crippen molar-refractivity contribution in [3.8, 4) is 11.8 Å². The first-order valence-electron chi connectivity index (χ1n) is 7.82. The molecule has 0 aliphatic rings. The fraction of sp³-hybridized carbons (Fsp3) is 0.0476. The number of fused-ring (bicyclic) bond motifs is 1. The van der Waals surface area contributed by atoms with Gasteiger partial charge in [0.05, 0.1) is 11.6 Å². The number of allylic oxidation sites excluding steroid dienone is 1. The highest BCUT2D eigenvalue weighted by Gasteiger charge is 2.09. The average Bonchev–Trinajstić information content (AvgIpc) is 2.65. The van der Waals surface area contributed by atoms with Gasteiger partial charge < -0.3 is 9.84 Å². The van der Waals surface area contributed by atoms with Crippen molar-refractivity contribution in [1.82, 2.24) is 0 Å². The van der Waals surface area contributed by atoms with Crippen LogP contribution in [0.3, 0.4) is 0 Å². The molecule has 0 radical (unpaired) electrons. The summed E-state index contributed by atoms with van der Waals surface area (Å²) in [6.45, 7) is -0.444. The maximum Gasteiger partial charge on any atom is 0.341 e. The quantitative estimate of drug-likeness (QED) is 0.469. The number of hydrogen-bond donors (Lipinski definition) is 1. The van der Waals surface area contributed by atoms with E-state index in [1.807, 2.05) is 42.5 Å². The van der Waals surface area contributed by atoms with Gasteiger partial charge in [0.15, 0.2) is 6.61 Å². The summed E-state index contributed by atoms with van der Waals surface area (Å²) in [4.78, 5) is 10.8. The monoisotopic (exact) mass is 407 g/mol. The molecule has 0 saturated carbocycles. The van der Waals surface area contributed by atoms with Crippen LogP contribution in [0, 0.1) is 11.3 Å². The lowest BCUT2D eigenvalue weighted by Crippen LogP contribution is -2.10. The number of nitrogens with zero attached hydrogens (tertiary/aromatic N) is 1. The first-order chi connectivity index (χ1) is 12.6. The lowest BCUT2D eigenvalue weighted by molar-refractivity contribution is -0.139. The van der Waals surface area contributed by atoms with Crippen molar-refractivity contribution < 1.29 is 14.6 Å². The molecule has 0 heterocycles. The molecule has 0 bridgehead atoms. The number of nitriles is 1. The van der Waals surface area contributed by atoms with E-state index in [1.54, 1.807) is 24.3 Å². The van der Waals surface area contributed by atoms with Crippen LogP contribution in [0.15, 0.2) is 65.1 Å². The van der Waals surface area contributed by atoms with Crippen LogP contribution in [0.25, 0.3) is 22.4 Å². The molecular weight excluding hydrogens is 394 g/mol. The summed E-state index contributed by atoms with van der Waals surface area (Å²) in [5.41, 5.74) is 1.88. The van der Waals surface area contributed by atoms with Crippen molar-refractivity contribution in [3.63, 3.8) is 0 Å². The molecule has 4 nitrogen and oxygen atoms in total. The van der Waals surface area contributed by atoms with Gasteiger partial charge >= 0.3 is 5.97 Å². The van der Waals surface area contributed by atoms with E-state index < -0.39 is 12.6 Å². The number of ether oxygens (including phenoxy) is 1. The van der Waals surface area contributed by atoms with Crippen LogP contribution in [0.1, 0.15) is 11.1 Å². The highest BCUT2D eigenvalue weighted by atomic mass is 79.9. The third-order valence-corrected chi connectivity index (χ3v) is 4.30. The van der Waals surface area contributed by atoms with Crippen LogP contribution >= 0.6 is 15.9 Å². The van der Waals surface area contributed by atoms with Gasteiger partial charge in [0.2, 0.25) is 0 Å². The normalized spacial score (nSPS) is 11.2. The Hall–Kier alpha value is -3.10. The second-order valence-electron chi connectivity index (χ2n) is 5.60. The second-order valence-corrected chi connectivity index (χ2v) is 6.51. The average molecular weight is 408 g/mol. The summed E-state index contributed by atoms with van der Waals surface area (Å²) < 4.78 is 6.14. The van der Waals surface area contributed by atoms with E-state index in [0.29, 0.717) is 16.9 Å². The molecule has 3 aromatic carbocycles. The van der Waals surface area contributed by atoms with Crippen LogP contribution in [0.4, 0.5) is 0 Å². The zero-order valence-corrected chi connectivity index (χ0v) is 15.2. The molecule has 1 N–H and O–H groups in total. The SMILES string of the molecule is N#C/C(=C/c1cc(Br)ccc1OCC(=O)O)c1ccc2ccccc2c1. The number of aliphatic carboxylic acids is 1. The van der Waals surface area contributed by atoms with E-state index in [0.717, 1.165) is 20.8 Å². The van der Waals surface area contributed by atoms with Crippen molar-refractivity contribution in [3.05, 3.63) is 76.3 Å². The van der Waals surface area contributed by atoms with Crippen LogP contribution in [-0.4, -0.2) is 17.7 Å². The molecule has 0 aliphatic carbocycles. The number of carboxylic acid groups (broad SMARTS) is 1. The van der Waals surface area contributed by atoms with E-state index in [9.17, 15) is 10.1 Å². The molecule has 0 unspecified atom stereocenters. The predicted molar refractivity (Wildman–Crippen MR) is 105 cm³/mol. The zero-order chi connectivity index (χ0) is 18.5. The summed E-state index contributed by atoms with van der Waals surface area (Å²) in [5.74, 6) is -0.651. The van der Waals surface area contributed by atoms with Gasteiger partial charge in [-0.25, -0.2) is 4.79 Å². The van der Waals surface area contributed by atoms with Crippen LogP contribution in [-0.2, 0) is 4.79 Å². The third-order valence-electron chi connectivity index (χ3n) is 3.80. The summed E-state index contributed by atoms with van der Waals surface area (Å²) in [6.07, 6.45) is 1.70. The van der Waals surface area contributed by atoms with Crippen LogP contribution in [0.2, 0.25) is 0 Å². The number of hydrogen-bond acceptors (Lipinski definition) is 3. The lowest BCUT2D eigenvalue weighted by Gasteiger charge is -2.09. The highest BCUT2D eigenvalue weighted by molar-refractivity contribution is 9.10. The minimum Gasteiger partial charge on any atom is -0.481 e. The van der Waals surface area contributed by atoms with Crippen molar-refractivity contribution in [1.29, 1.82) is 5.26 Å². The molecule has 0 aromatic heterocycles. The van der Waals surface area contributed by atoms with Crippen molar-refractivity contribution in [2.24, 2.45) is 0 Å². The van der Waals surface area contributed by atoms with Gasteiger partial charge in [0.1, 0.15) is 5.75 Å². The van der Waals surface area contributed by atoms with Crippen molar-refractivity contribution in [2.45, 2.75) is 0 Å². The van der Waals surface area contributed by atoms with Crippen molar-refractivity contribution >= 4 is 44.3 Å². The number of rotatable bonds is 5. The molecule has 0 amide bonds. The summed E-state index contributed by atoms with van der Waals surface area (Å²) in [5, 5.41) is 20.6. The molecule has 0 aliphatic heterocycles. The van der Waals surface area contributed by atoms with Gasteiger partial charge in [-0.15, -0.1) is 0 Å². The maximum absolute atomic E-state index is 10.8. The molecule has 0 saturated heterocycles. The van der Waals surface area contributed by atoms with Gasteiger partial charge in [-0.2, -0.15) is 5.26 Å². The smallest absolute Gasteiger partial charge is 0.341 e. The van der Waals surface area contributed by atoms with Gasteiger partial charge in [-0.1, -0.05) is 52.3 Å². The van der Waals surface area contributed by atoms with Gasteiger partial charge in [0.25, 0.3) is 0 Å². The summed E-state index contributed by atoms with van der Waals surface area (Å²) in [6, 6.07) is 21.2. The first-order valence-corrected chi connectivity index (χ1v) is 8.61. The fourth-order valence-corrected chi connectivity index (χ4v) is 2.97. The molecule has 0 fully saturated rings. The molecule has 26 heavy (non-hydrogen) atoms. The predicted octanol–water partition coefficient (Wildman–Crippen LogP) is 5.13. The van der Waals surface area contributed by atoms with Gasteiger partial charge in [-0.05, 0) is 46.7 Å². The molecule has 3 aromatic rings. The van der Waals surface area contributed by atoms with E-state index in [-0.39, 0.29) is 0 Å². The lowest BCUT2D eigenvalue weighted by atomic mass is 10.00. The zero-order valence-electron chi connectivity index (χ0n) is 13.6. The maximum atomic E-state index is 10.8. The minimum absolute atomic E-state index is 0.407. The molecular formula is C21H14BrNO3. The summed E-state index contributed by atoms with van der Waals surface area (Å²) >= 11 is 3.39. The van der Waals surface area contributed by atoms with E-state index in [2.05, 4.69) is 22.0 Å². The fourth-order valence-electron chi connectivity index (χ4n) is 2.60. The number of benzene rings is 3. The third kappa shape index (κ3) is 4.11. The molecule has 0 spiro atoms. The largest absolute Gasteiger partial charge is 0.481 e. The Morgan fingerprint density at radius 3 is 2.62 bits per heavy atom. The Morgan fingerprint density at radius 2 is 1.88 bits per heavy atom. The Kier molecular flexibility index (Phi) is 5.35. The molecule has 3 rings (SSSR count). The number of halogens is 1. The van der Waals surface area contributed by atoms with Gasteiger partial charge in [0, 0.05) is 10.0 Å². The Morgan fingerprint density at radius 1 is 1.12 bits per heavy atom. The van der Waals surface area contributed by atoms with E-state index in [1.165, 1.54) is 0 Å². The number of carbonyl (C=O) groups is 1. The van der Waals surface area contributed by atoms with Crippen molar-refractivity contribution in [2.75, 3.05) is 6.61 Å². The molecule has 5 heteroatoms. The molecule has 128 valence electrons. The van der Waals surface area contributed by atoms with Crippen LogP contribution in [0.5, 0.6) is 5.75 Å². The Bertz CT molecular complexity index is 1050. The van der Waals surface area contributed by atoms with Crippen LogP contribution < -0.4 is 4.74 Å². The highest BCUT2D eigenvalue weighted by Crippen LogP contribution is 2.29. The second kappa shape index (κ2) is 7.85. The van der Waals surface area contributed by atoms with E-state index >= 15 is 0 Å². The van der Waals surface area contributed by atoms with Gasteiger partial charge in [-0.3, -0.25) is 0 Å². The Labute approximate surface area is 159 Å². The Balaban J connectivity index is 2.04. The summed E-state index contributed by atoms with van der Waals surface area (Å²) in [7, 11) is 0. The topological polar surface area (TPSA) is 70.3 Å². The number of carboxylic acids is 1. The standard InChI is InChI=1S/C21H14BrNO3/c22-19-7-8-20(26-13-21(24)25)17(11-19)10-18(12-23)16-6-5-14-3-1-2-4-15(14)9-16/h1-11H,13H2,(H,24,25)/b18-10-. The molecule has 0 atom stereocenters.